The zero-order valence-electron chi connectivity index (χ0n) is 15.8. The topological polar surface area (TPSA) is 64.1 Å². The Bertz CT molecular complexity index is 783. The van der Waals surface area contributed by atoms with Crippen molar-refractivity contribution in [1.82, 2.24) is 10.6 Å². The van der Waals surface area contributed by atoms with Crippen LogP contribution >= 0.6 is 24.0 Å². The Kier molecular flexibility index (Phi) is 8.02. The van der Waals surface area contributed by atoms with Crippen LogP contribution in [0.25, 0.3) is 0 Å². The van der Waals surface area contributed by atoms with Gasteiger partial charge in [-0.05, 0) is 30.7 Å². The van der Waals surface area contributed by atoms with Gasteiger partial charge in [0, 0.05) is 19.2 Å². The third-order valence-corrected chi connectivity index (χ3v) is 4.18. The van der Waals surface area contributed by atoms with Crippen LogP contribution < -0.4 is 24.8 Å². The molecule has 2 aromatic carbocycles. The molecule has 0 amide bonds. The number of nitrogens with zero attached hydrogens (tertiary/aromatic N) is 1. The van der Waals surface area contributed by atoms with Crippen molar-refractivity contribution >= 4 is 29.9 Å². The van der Waals surface area contributed by atoms with Crippen LogP contribution in [-0.2, 0) is 6.54 Å². The third-order valence-electron chi connectivity index (χ3n) is 4.18. The van der Waals surface area contributed by atoms with Crippen LogP contribution in [0.2, 0.25) is 0 Å². The van der Waals surface area contributed by atoms with E-state index in [0.29, 0.717) is 25.7 Å². The predicted molar refractivity (Wildman–Crippen MR) is 118 cm³/mol. The van der Waals surface area contributed by atoms with Crippen LogP contribution in [0.15, 0.2) is 47.5 Å². The van der Waals surface area contributed by atoms with Crippen LogP contribution in [0.5, 0.6) is 17.2 Å². The van der Waals surface area contributed by atoms with Crippen molar-refractivity contribution in [2.45, 2.75) is 19.6 Å². The first-order valence-corrected chi connectivity index (χ1v) is 8.66. The Morgan fingerprint density at radius 1 is 1.19 bits per heavy atom. The van der Waals surface area contributed by atoms with E-state index in [1.807, 2.05) is 37.3 Å². The highest BCUT2D eigenvalue weighted by Gasteiger charge is 2.20. The minimum Gasteiger partial charge on any atom is -0.496 e. The van der Waals surface area contributed by atoms with Gasteiger partial charge in [0.05, 0.1) is 13.7 Å². The lowest BCUT2D eigenvalue weighted by molar-refractivity contribution is 0.0936. The van der Waals surface area contributed by atoms with E-state index >= 15 is 0 Å². The summed E-state index contributed by atoms with van der Waals surface area (Å²) < 4.78 is 17.1. The van der Waals surface area contributed by atoms with E-state index in [9.17, 15) is 0 Å². The maximum atomic E-state index is 5.95. The highest BCUT2D eigenvalue weighted by molar-refractivity contribution is 14.0. The molecule has 7 heteroatoms. The first-order valence-electron chi connectivity index (χ1n) is 8.66. The van der Waals surface area contributed by atoms with E-state index in [4.69, 9.17) is 14.2 Å². The Balaban J connectivity index is 0.00000261. The summed E-state index contributed by atoms with van der Waals surface area (Å²) in [5.74, 6) is 3.14. The number of ether oxygens (including phenoxy) is 3. The summed E-state index contributed by atoms with van der Waals surface area (Å²) >= 11 is 0. The monoisotopic (exact) mass is 483 g/mol. The van der Waals surface area contributed by atoms with Gasteiger partial charge < -0.3 is 24.8 Å². The predicted octanol–water partition coefficient (Wildman–Crippen LogP) is 3.13. The van der Waals surface area contributed by atoms with Crippen molar-refractivity contribution in [2.24, 2.45) is 4.99 Å². The van der Waals surface area contributed by atoms with Crippen LogP contribution in [0, 0.1) is 6.92 Å². The summed E-state index contributed by atoms with van der Waals surface area (Å²) in [7, 11) is 3.43. The summed E-state index contributed by atoms with van der Waals surface area (Å²) in [6.45, 7) is 3.77. The number of hydrogen-bond acceptors (Lipinski definition) is 4. The van der Waals surface area contributed by atoms with E-state index in [-0.39, 0.29) is 30.1 Å². The molecule has 0 radical (unpaired) electrons. The number of benzene rings is 2. The molecule has 0 saturated heterocycles. The van der Waals surface area contributed by atoms with Gasteiger partial charge in [0.1, 0.15) is 18.5 Å². The van der Waals surface area contributed by atoms with Crippen LogP contribution in [0.4, 0.5) is 0 Å². The van der Waals surface area contributed by atoms with Gasteiger partial charge in [-0.2, -0.15) is 0 Å². The lowest BCUT2D eigenvalue weighted by atomic mass is 10.1. The lowest BCUT2D eigenvalue weighted by Crippen LogP contribution is -2.45. The van der Waals surface area contributed by atoms with Gasteiger partial charge in [0.2, 0.25) is 0 Å². The fourth-order valence-electron chi connectivity index (χ4n) is 2.77. The number of guanidine groups is 1. The lowest BCUT2D eigenvalue weighted by Gasteiger charge is -2.27. The number of nitrogens with one attached hydrogen (secondary N) is 2. The normalized spacial score (nSPS) is 15.5. The van der Waals surface area contributed by atoms with Crippen LogP contribution in [0.1, 0.15) is 11.1 Å². The number of hydrogen-bond donors (Lipinski definition) is 2. The summed E-state index contributed by atoms with van der Waals surface area (Å²) in [5.41, 5.74) is 2.25. The molecule has 1 unspecified atom stereocenters. The Morgan fingerprint density at radius 2 is 1.96 bits per heavy atom. The van der Waals surface area contributed by atoms with Crippen molar-refractivity contribution in [3.8, 4) is 17.2 Å². The third kappa shape index (κ3) is 5.66. The fraction of sp³-hybridized carbons (Fsp3) is 0.350. The highest BCUT2D eigenvalue weighted by atomic mass is 127. The maximum Gasteiger partial charge on any atom is 0.191 e. The molecule has 0 fully saturated rings. The number of para-hydroxylation sites is 2. The van der Waals surface area contributed by atoms with Gasteiger partial charge in [-0.25, -0.2) is 0 Å². The molecule has 2 N–H and O–H groups in total. The summed E-state index contributed by atoms with van der Waals surface area (Å²) in [6.07, 6.45) is -0.0719. The second-order valence-electron chi connectivity index (χ2n) is 6.12. The smallest absolute Gasteiger partial charge is 0.191 e. The first-order chi connectivity index (χ1) is 12.7. The second kappa shape index (κ2) is 10.2. The Labute approximate surface area is 177 Å². The minimum atomic E-state index is -0.0719. The van der Waals surface area contributed by atoms with Gasteiger partial charge in [-0.3, -0.25) is 4.99 Å². The molecule has 27 heavy (non-hydrogen) atoms. The quantitative estimate of drug-likeness (QED) is 0.389. The Morgan fingerprint density at radius 3 is 2.70 bits per heavy atom. The molecule has 1 heterocycles. The number of halogens is 1. The molecule has 1 atom stereocenters. The van der Waals surface area contributed by atoms with Gasteiger partial charge in [0.15, 0.2) is 17.5 Å². The molecule has 6 nitrogen and oxygen atoms in total. The summed E-state index contributed by atoms with van der Waals surface area (Å²) in [5, 5.41) is 6.58. The van der Waals surface area contributed by atoms with E-state index in [1.54, 1.807) is 14.2 Å². The SMILES string of the molecule is CN=C(NCc1ccc(C)cc1OC)NCC1COc2ccccc2O1.I. The molecule has 3 rings (SSSR count). The molecule has 0 saturated carbocycles. The molecular formula is C20H26IN3O3. The average molecular weight is 483 g/mol. The average Bonchev–Trinajstić information content (AvgIpc) is 2.68. The van der Waals surface area contributed by atoms with Gasteiger partial charge in [0.25, 0.3) is 0 Å². The van der Waals surface area contributed by atoms with Crippen molar-refractivity contribution in [3.63, 3.8) is 0 Å². The standard InChI is InChI=1S/C20H25N3O3.HI/c1-14-8-9-15(19(10-14)24-3)11-22-20(21-2)23-12-16-13-25-17-6-4-5-7-18(17)26-16;/h4-10,16H,11-13H2,1-3H3,(H2,21,22,23);1H. The van der Waals surface area contributed by atoms with Gasteiger partial charge in [-0.15, -0.1) is 24.0 Å². The van der Waals surface area contributed by atoms with Crippen molar-refractivity contribution in [1.29, 1.82) is 0 Å². The Hall–Kier alpha value is -2.16. The van der Waals surface area contributed by atoms with Crippen LogP contribution in [-0.4, -0.2) is 39.4 Å². The van der Waals surface area contributed by atoms with Gasteiger partial charge >= 0.3 is 0 Å². The fourth-order valence-corrected chi connectivity index (χ4v) is 2.77. The van der Waals surface area contributed by atoms with Gasteiger partial charge in [-0.1, -0.05) is 24.3 Å². The number of methoxy groups -OCH3 is 1. The molecule has 1 aliphatic heterocycles. The van der Waals surface area contributed by atoms with Crippen LogP contribution in [0.3, 0.4) is 0 Å². The zero-order chi connectivity index (χ0) is 18.4. The van der Waals surface area contributed by atoms with E-state index in [1.165, 1.54) is 5.56 Å². The molecule has 0 spiro atoms. The maximum absolute atomic E-state index is 5.95. The number of aliphatic imine (C=N–C) groups is 1. The zero-order valence-corrected chi connectivity index (χ0v) is 18.2. The van der Waals surface area contributed by atoms with E-state index in [2.05, 4.69) is 27.8 Å². The number of rotatable bonds is 5. The second-order valence-corrected chi connectivity index (χ2v) is 6.12. The molecule has 0 aliphatic carbocycles. The largest absolute Gasteiger partial charge is 0.496 e. The van der Waals surface area contributed by atoms with E-state index < -0.39 is 0 Å². The summed E-state index contributed by atoms with van der Waals surface area (Å²) in [6, 6.07) is 13.9. The molecule has 1 aliphatic rings. The molecule has 0 aromatic heterocycles. The van der Waals surface area contributed by atoms with Crippen molar-refractivity contribution in [2.75, 3.05) is 27.3 Å². The highest BCUT2D eigenvalue weighted by Crippen LogP contribution is 2.30. The van der Waals surface area contributed by atoms with E-state index in [0.717, 1.165) is 22.8 Å². The first kappa shape index (κ1) is 21.1. The molecule has 146 valence electrons. The molecule has 2 aromatic rings. The molecular weight excluding hydrogens is 457 g/mol. The van der Waals surface area contributed by atoms with Crippen molar-refractivity contribution < 1.29 is 14.2 Å². The summed E-state index contributed by atoms with van der Waals surface area (Å²) in [4.78, 5) is 4.26. The van der Waals surface area contributed by atoms with Crippen molar-refractivity contribution in [3.05, 3.63) is 53.6 Å². The number of fused-ring (bicyclic) bond motifs is 1. The minimum absolute atomic E-state index is 0. The number of aryl methyl sites for hydroxylation is 1. The molecule has 0 bridgehead atoms.